The molecule has 7 heteroatoms. The van der Waals surface area contributed by atoms with Crippen molar-refractivity contribution >= 4 is 15.8 Å². The van der Waals surface area contributed by atoms with Crippen LogP contribution in [0.15, 0.2) is 40.2 Å². The third-order valence-corrected chi connectivity index (χ3v) is 6.93. The van der Waals surface area contributed by atoms with Crippen LogP contribution in [0.4, 0.5) is 0 Å². The van der Waals surface area contributed by atoms with Crippen LogP contribution < -0.4 is 5.32 Å². The molecule has 2 heterocycles. The van der Waals surface area contributed by atoms with E-state index in [2.05, 4.69) is 15.2 Å². The second-order valence-electron chi connectivity index (χ2n) is 6.93. The zero-order chi connectivity index (χ0) is 17.8. The number of nitrogens with one attached hydrogen (secondary N) is 1. The van der Waals surface area contributed by atoms with Gasteiger partial charge in [0, 0.05) is 38.7 Å². The zero-order valence-corrected chi connectivity index (χ0v) is 15.6. The largest absolute Gasteiger partial charge is 0.381 e. The third kappa shape index (κ3) is 4.33. The van der Waals surface area contributed by atoms with Gasteiger partial charge in [-0.1, -0.05) is 18.2 Å². The lowest BCUT2D eigenvalue weighted by Gasteiger charge is -2.24. The van der Waals surface area contributed by atoms with E-state index in [0.717, 1.165) is 45.1 Å². The number of hydrogen-bond donors (Lipinski definition) is 1. The van der Waals surface area contributed by atoms with E-state index in [1.165, 1.54) is 0 Å². The molecule has 0 bridgehead atoms. The van der Waals surface area contributed by atoms with Crippen LogP contribution in [-0.2, 0) is 14.6 Å². The lowest BCUT2D eigenvalue weighted by Crippen LogP contribution is -2.42. The average molecular weight is 365 g/mol. The van der Waals surface area contributed by atoms with Crippen molar-refractivity contribution in [3.05, 3.63) is 30.3 Å². The van der Waals surface area contributed by atoms with Gasteiger partial charge in [0.2, 0.25) is 0 Å². The zero-order valence-electron chi connectivity index (χ0n) is 14.8. The Kier molecular flexibility index (Phi) is 5.64. The Hall–Kier alpha value is -1.60. The van der Waals surface area contributed by atoms with Gasteiger partial charge >= 0.3 is 0 Å². The molecule has 1 N–H and O–H groups in total. The highest BCUT2D eigenvalue weighted by atomic mass is 32.2. The van der Waals surface area contributed by atoms with Crippen molar-refractivity contribution in [1.82, 2.24) is 10.2 Å². The molecule has 1 spiro atoms. The maximum Gasteiger partial charge on any atom is 0.193 e. The standard InChI is InChI=1S/C18H27N3O3S/c1-19-17(21-11-8-18(14-21)9-12-24-15-18)20-10-5-13-25(22,23)16-6-3-2-4-7-16/h2-4,6-7H,5,8-15H2,1H3,(H,19,20). The molecule has 6 nitrogen and oxygen atoms in total. The predicted molar refractivity (Wildman–Crippen MR) is 98.5 cm³/mol. The van der Waals surface area contributed by atoms with Crippen molar-refractivity contribution < 1.29 is 13.2 Å². The first-order valence-electron chi connectivity index (χ1n) is 8.86. The number of sulfone groups is 1. The normalized spacial score (nSPS) is 24.2. The van der Waals surface area contributed by atoms with Gasteiger partial charge in [-0.3, -0.25) is 4.99 Å². The monoisotopic (exact) mass is 365 g/mol. The van der Waals surface area contributed by atoms with Crippen molar-refractivity contribution in [1.29, 1.82) is 0 Å². The van der Waals surface area contributed by atoms with Gasteiger partial charge in [0.05, 0.1) is 17.3 Å². The maximum absolute atomic E-state index is 12.3. The summed E-state index contributed by atoms with van der Waals surface area (Å²) in [5, 5.41) is 3.31. The fourth-order valence-corrected chi connectivity index (χ4v) is 4.96. The molecule has 0 amide bonds. The molecule has 0 aromatic heterocycles. The number of guanidine groups is 1. The van der Waals surface area contributed by atoms with Crippen LogP contribution in [0, 0.1) is 5.41 Å². The molecule has 1 aromatic rings. The molecule has 0 saturated carbocycles. The average Bonchev–Trinajstić information content (AvgIpc) is 3.26. The summed E-state index contributed by atoms with van der Waals surface area (Å²) in [5.41, 5.74) is 0.286. The number of hydrogen-bond acceptors (Lipinski definition) is 4. The van der Waals surface area contributed by atoms with Crippen molar-refractivity contribution in [2.24, 2.45) is 10.4 Å². The first-order chi connectivity index (χ1) is 12.0. The molecule has 2 saturated heterocycles. The van der Waals surface area contributed by atoms with E-state index in [4.69, 9.17) is 4.74 Å². The molecule has 0 radical (unpaired) electrons. The number of rotatable bonds is 5. The van der Waals surface area contributed by atoms with E-state index in [1.54, 1.807) is 31.3 Å². The topological polar surface area (TPSA) is 71.0 Å². The van der Waals surface area contributed by atoms with Gasteiger partial charge in [0.25, 0.3) is 0 Å². The van der Waals surface area contributed by atoms with E-state index < -0.39 is 9.84 Å². The SMILES string of the molecule is CN=C(NCCCS(=O)(=O)c1ccccc1)N1CCC2(CCOC2)C1. The Morgan fingerprint density at radius 1 is 1.32 bits per heavy atom. The Labute approximate surface area is 150 Å². The lowest BCUT2D eigenvalue weighted by molar-refractivity contribution is 0.156. The van der Waals surface area contributed by atoms with Crippen LogP contribution in [0.1, 0.15) is 19.3 Å². The first kappa shape index (κ1) is 18.2. The van der Waals surface area contributed by atoms with Gasteiger partial charge in [-0.2, -0.15) is 0 Å². The molecule has 0 aliphatic carbocycles. The summed E-state index contributed by atoms with van der Waals surface area (Å²) in [5.74, 6) is 1.000. The molecular formula is C18H27N3O3S. The predicted octanol–water partition coefficient (Wildman–Crippen LogP) is 1.54. The van der Waals surface area contributed by atoms with Crippen molar-refractivity contribution in [2.75, 3.05) is 45.6 Å². The Morgan fingerprint density at radius 3 is 2.80 bits per heavy atom. The van der Waals surface area contributed by atoms with Gasteiger partial charge in [-0.25, -0.2) is 8.42 Å². The van der Waals surface area contributed by atoms with E-state index in [0.29, 0.717) is 17.9 Å². The van der Waals surface area contributed by atoms with Gasteiger partial charge in [-0.05, 0) is 31.4 Å². The molecule has 138 valence electrons. The van der Waals surface area contributed by atoms with E-state index in [-0.39, 0.29) is 11.2 Å². The smallest absolute Gasteiger partial charge is 0.193 e. The second kappa shape index (κ2) is 7.74. The molecule has 2 fully saturated rings. The summed E-state index contributed by atoms with van der Waals surface area (Å²) in [6.45, 7) is 4.24. The van der Waals surface area contributed by atoms with Crippen LogP contribution >= 0.6 is 0 Å². The van der Waals surface area contributed by atoms with Gasteiger partial charge in [-0.15, -0.1) is 0 Å². The summed E-state index contributed by atoms with van der Waals surface area (Å²) >= 11 is 0. The highest BCUT2D eigenvalue weighted by Gasteiger charge is 2.42. The maximum atomic E-state index is 12.3. The van der Waals surface area contributed by atoms with Crippen LogP contribution in [0.2, 0.25) is 0 Å². The number of likely N-dealkylation sites (tertiary alicyclic amines) is 1. The highest BCUT2D eigenvalue weighted by molar-refractivity contribution is 7.91. The van der Waals surface area contributed by atoms with Crippen LogP contribution in [-0.4, -0.2) is 64.9 Å². The summed E-state index contributed by atoms with van der Waals surface area (Å²) in [4.78, 5) is 7.01. The quantitative estimate of drug-likeness (QED) is 0.487. The lowest BCUT2D eigenvalue weighted by atomic mass is 9.87. The number of benzene rings is 1. The second-order valence-corrected chi connectivity index (χ2v) is 9.04. The molecule has 1 aromatic carbocycles. The molecule has 25 heavy (non-hydrogen) atoms. The molecule has 2 aliphatic heterocycles. The van der Waals surface area contributed by atoms with Crippen LogP contribution in [0.25, 0.3) is 0 Å². The van der Waals surface area contributed by atoms with Crippen LogP contribution in [0.3, 0.4) is 0 Å². The fourth-order valence-electron chi connectivity index (χ4n) is 3.63. The minimum absolute atomic E-state index is 0.138. The summed E-state index contributed by atoms with van der Waals surface area (Å²) in [6.07, 6.45) is 2.81. The summed E-state index contributed by atoms with van der Waals surface area (Å²) < 4.78 is 30.1. The van der Waals surface area contributed by atoms with E-state index in [1.807, 2.05) is 6.07 Å². The van der Waals surface area contributed by atoms with Crippen LogP contribution in [0.5, 0.6) is 0 Å². The van der Waals surface area contributed by atoms with Gasteiger partial charge in [0.1, 0.15) is 0 Å². The van der Waals surface area contributed by atoms with E-state index in [9.17, 15) is 8.42 Å². The van der Waals surface area contributed by atoms with Gasteiger partial charge < -0.3 is 15.0 Å². The molecule has 2 aliphatic rings. The first-order valence-corrected chi connectivity index (χ1v) is 10.5. The minimum Gasteiger partial charge on any atom is -0.381 e. The molecular weight excluding hydrogens is 338 g/mol. The summed E-state index contributed by atoms with van der Waals surface area (Å²) in [6, 6.07) is 8.62. The Balaban J connectivity index is 1.46. The fraction of sp³-hybridized carbons (Fsp3) is 0.611. The van der Waals surface area contributed by atoms with Crippen molar-refractivity contribution in [3.63, 3.8) is 0 Å². The summed E-state index contributed by atoms with van der Waals surface area (Å²) in [7, 11) is -1.44. The van der Waals surface area contributed by atoms with Crippen molar-refractivity contribution in [3.8, 4) is 0 Å². The number of aliphatic imine (C=N–C) groups is 1. The number of nitrogens with zero attached hydrogens (tertiary/aromatic N) is 2. The molecule has 1 atom stereocenters. The Bertz CT molecular complexity index is 698. The van der Waals surface area contributed by atoms with E-state index >= 15 is 0 Å². The minimum atomic E-state index is -3.21. The van der Waals surface area contributed by atoms with Gasteiger partial charge in [0.15, 0.2) is 15.8 Å². The molecule has 1 unspecified atom stereocenters. The highest BCUT2D eigenvalue weighted by Crippen LogP contribution is 2.38. The Morgan fingerprint density at radius 2 is 2.12 bits per heavy atom. The molecule has 3 rings (SSSR count). The third-order valence-electron chi connectivity index (χ3n) is 5.11. The van der Waals surface area contributed by atoms with Crippen molar-refractivity contribution in [2.45, 2.75) is 24.2 Å². The number of ether oxygens (including phenoxy) is 1.